The van der Waals surface area contributed by atoms with Gasteiger partial charge in [-0.05, 0) is 46.1 Å². The van der Waals surface area contributed by atoms with E-state index in [1.807, 2.05) is 45.9 Å². The number of amides is 1. The van der Waals surface area contributed by atoms with Gasteiger partial charge < -0.3 is 14.7 Å². The molecule has 0 unspecified atom stereocenters. The minimum absolute atomic E-state index is 0.317. The molecule has 1 heterocycles. The summed E-state index contributed by atoms with van der Waals surface area (Å²) in [7, 11) is 0. The van der Waals surface area contributed by atoms with E-state index in [-0.39, 0.29) is 6.09 Å². The predicted octanol–water partition coefficient (Wildman–Crippen LogP) is 3.44. The molecule has 0 aromatic rings. The van der Waals surface area contributed by atoms with Gasteiger partial charge in [0.15, 0.2) is 0 Å². The van der Waals surface area contributed by atoms with E-state index >= 15 is 0 Å². The molecule has 0 aromatic carbocycles. The van der Waals surface area contributed by atoms with Crippen molar-refractivity contribution < 1.29 is 14.6 Å². The van der Waals surface area contributed by atoms with E-state index in [1.54, 1.807) is 11.0 Å². The van der Waals surface area contributed by atoms with E-state index in [0.717, 1.165) is 5.57 Å². The lowest BCUT2D eigenvalue weighted by atomic mass is 9.84. The van der Waals surface area contributed by atoms with Crippen LogP contribution in [0.15, 0.2) is 36.5 Å². The number of carbonyl (C=O) groups excluding carboxylic acids is 1. The van der Waals surface area contributed by atoms with Crippen LogP contribution in [0.4, 0.5) is 4.79 Å². The van der Waals surface area contributed by atoms with Crippen LogP contribution in [0.2, 0.25) is 0 Å². The fourth-order valence-electron chi connectivity index (χ4n) is 2.29. The molecule has 1 fully saturated rings. The molecule has 1 aliphatic rings. The summed E-state index contributed by atoms with van der Waals surface area (Å²) in [5, 5.41) is 10.7. The van der Waals surface area contributed by atoms with Gasteiger partial charge in [0.1, 0.15) is 5.60 Å². The molecule has 4 heteroatoms. The number of piperidine rings is 1. The van der Waals surface area contributed by atoms with Gasteiger partial charge in [-0.1, -0.05) is 30.9 Å². The fourth-order valence-corrected chi connectivity index (χ4v) is 2.29. The Labute approximate surface area is 127 Å². The Bertz CT molecular complexity index is 435. The van der Waals surface area contributed by atoms with Crippen molar-refractivity contribution in [1.29, 1.82) is 0 Å². The monoisotopic (exact) mass is 293 g/mol. The van der Waals surface area contributed by atoms with Gasteiger partial charge in [-0.3, -0.25) is 0 Å². The maximum atomic E-state index is 12.0. The van der Waals surface area contributed by atoms with Gasteiger partial charge in [0.25, 0.3) is 0 Å². The molecular formula is C17H27NO3. The Hall–Kier alpha value is -1.55. The number of rotatable bonds is 3. The Balaban J connectivity index is 2.70. The van der Waals surface area contributed by atoms with Gasteiger partial charge in [0, 0.05) is 13.1 Å². The highest BCUT2D eigenvalue weighted by Gasteiger charge is 2.36. The lowest BCUT2D eigenvalue weighted by Crippen LogP contribution is -2.48. The van der Waals surface area contributed by atoms with Crippen LogP contribution in [0, 0.1) is 0 Å². The van der Waals surface area contributed by atoms with Crippen molar-refractivity contribution in [3.05, 3.63) is 36.5 Å². The van der Waals surface area contributed by atoms with Gasteiger partial charge in [-0.2, -0.15) is 0 Å². The van der Waals surface area contributed by atoms with Crippen molar-refractivity contribution in [3.8, 4) is 0 Å². The molecule has 0 bridgehead atoms. The van der Waals surface area contributed by atoms with Gasteiger partial charge in [-0.15, -0.1) is 0 Å². The number of allylic oxidation sites excluding steroid dienone is 3. The van der Waals surface area contributed by atoms with Crippen LogP contribution in [0.5, 0.6) is 0 Å². The molecule has 0 spiro atoms. The number of hydrogen-bond acceptors (Lipinski definition) is 3. The zero-order chi connectivity index (χ0) is 16.1. The first-order chi connectivity index (χ1) is 9.72. The average molecular weight is 293 g/mol. The third kappa shape index (κ3) is 5.05. The Kier molecular flexibility index (Phi) is 5.78. The smallest absolute Gasteiger partial charge is 0.410 e. The van der Waals surface area contributed by atoms with Crippen LogP contribution in [-0.4, -0.2) is 40.4 Å². The molecule has 1 saturated heterocycles. The number of aliphatic hydroxyl groups is 1. The van der Waals surface area contributed by atoms with Crippen molar-refractivity contribution >= 4 is 6.09 Å². The van der Waals surface area contributed by atoms with Gasteiger partial charge in [0.05, 0.1) is 5.60 Å². The zero-order valence-corrected chi connectivity index (χ0v) is 13.6. The van der Waals surface area contributed by atoms with Crippen LogP contribution in [0.1, 0.15) is 40.5 Å². The molecule has 0 saturated carbocycles. The predicted molar refractivity (Wildman–Crippen MR) is 85.1 cm³/mol. The fraction of sp³-hybridized carbons (Fsp3) is 0.588. The summed E-state index contributed by atoms with van der Waals surface area (Å²) < 4.78 is 5.36. The summed E-state index contributed by atoms with van der Waals surface area (Å²) in [4.78, 5) is 13.7. The standard InChI is InChI=1S/C17H27NO3/c1-6-8-9-14(7-2)17(20)10-12-18(13-11-17)15(19)21-16(3,4)5/h6-9,20H,2,10-13H2,1,3-5H3/b8-6-,14-9+. The van der Waals surface area contributed by atoms with Crippen molar-refractivity contribution in [1.82, 2.24) is 4.90 Å². The second-order valence-electron chi connectivity index (χ2n) is 6.35. The first kappa shape index (κ1) is 17.5. The first-order valence-electron chi connectivity index (χ1n) is 7.38. The second kappa shape index (κ2) is 6.94. The van der Waals surface area contributed by atoms with E-state index in [0.29, 0.717) is 25.9 Å². The summed E-state index contributed by atoms with van der Waals surface area (Å²) in [6, 6.07) is 0. The molecular weight excluding hydrogens is 266 g/mol. The molecule has 4 nitrogen and oxygen atoms in total. The number of likely N-dealkylation sites (tertiary alicyclic amines) is 1. The molecule has 21 heavy (non-hydrogen) atoms. The Morgan fingerprint density at radius 3 is 2.33 bits per heavy atom. The second-order valence-corrected chi connectivity index (χ2v) is 6.35. The summed E-state index contributed by atoms with van der Waals surface area (Å²) in [5.41, 5.74) is -0.618. The number of carbonyl (C=O) groups is 1. The number of nitrogens with zero attached hydrogens (tertiary/aromatic N) is 1. The van der Waals surface area contributed by atoms with E-state index in [2.05, 4.69) is 6.58 Å². The molecule has 1 aliphatic heterocycles. The maximum Gasteiger partial charge on any atom is 0.410 e. The lowest BCUT2D eigenvalue weighted by molar-refractivity contribution is -0.0118. The highest BCUT2D eigenvalue weighted by Crippen LogP contribution is 2.31. The van der Waals surface area contributed by atoms with Gasteiger partial charge in [0.2, 0.25) is 0 Å². The summed E-state index contributed by atoms with van der Waals surface area (Å²) >= 11 is 0. The highest BCUT2D eigenvalue weighted by atomic mass is 16.6. The zero-order valence-electron chi connectivity index (χ0n) is 13.6. The van der Waals surface area contributed by atoms with E-state index in [1.165, 1.54) is 0 Å². The normalized spacial score (nSPS) is 19.7. The van der Waals surface area contributed by atoms with Crippen molar-refractivity contribution in [2.45, 2.75) is 51.7 Å². The molecule has 0 atom stereocenters. The van der Waals surface area contributed by atoms with Gasteiger partial charge in [-0.25, -0.2) is 4.79 Å². The molecule has 118 valence electrons. The van der Waals surface area contributed by atoms with Crippen LogP contribution in [0.3, 0.4) is 0 Å². The maximum absolute atomic E-state index is 12.0. The molecule has 1 rings (SSSR count). The minimum Gasteiger partial charge on any atom is -0.444 e. The first-order valence-corrected chi connectivity index (χ1v) is 7.38. The van der Waals surface area contributed by atoms with Crippen molar-refractivity contribution in [2.24, 2.45) is 0 Å². The molecule has 1 amide bonds. The van der Waals surface area contributed by atoms with Crippen molar-refractivity contribution in [3.63, 3.8) is 0 Å². The topological polar surface area (TPSA) is 49.8 Å². The lowest BCUT2D eigenvalue weighted by Gasteiger charge is -2.39. The van der Waals surface area contributed by atoms with Crippen LogP contribution >= 0.6 is 0 Å². The Morgan fingerprint density at radius 1 is 1.33 bits per heavy atom. The molecule has 0 aliphatic carbocycles. The average Bonchev–Trinajstić information content (AvgIpc) is 2.38. The van der Waals surface area contributed by atoms with Crippen LogP contribution in [0.25, 0.3) is 0 Å². The quantitative estimate of drug-likeness (QED) is 0.811. The molecule has 1 N–H and O–H groups in total. The SMILES string of the molecule is C=C/C(=C\C=C/C)C1(O)CCN(C(=O)OC(C)(C)C)CC1. The Morgan fingerprint density at radius 2 is 1.90 bits per heavy atom. The molecule has 0 aromatic heterocycles. The van der Waals surface area contributed by atoms with E-state index in [9.17, 15) is 9.90 Å². The summed E-state index contributed by atoms with van der Waals surface area (Å²) in [5.74, 6) is 0. The number of hydrogen-bond donors (Lipinski definition) is 1. The summed E-state index contributed by atoms with van der Waals surface area (Å²) in [6.07, 6.45) is 8.00. The number of ether oxygens (including phenoxy) is 1. The largest absolute Gasteiger partial charge is 0.444 e. The minimum atomic E-state index is -0.917. The van der Waals surface area contributed by atoms with Crippen molar-refractivity contribution in [2.75, 3.05) is 13.1 Å². The van der Waals surface area contributed by atoms with Crippen LogP contribution < -0.4 is 0 Å². The highest BCUT2D eigenvalue weighted by molar-refractivity contribution is 5.68. The third-order valence-electron chi connectivity index (χ3n) is 3.47. The third-order valence-corrected chi connectivity index (χ3v) is 3.47. The van der Waals surface area contributed by atoms with Gasteiger partial charge >= 0.3 is 6.09 Å². The van der Waals surface area contributed by atoms with Crippen LogP contribution in [-0.2, 0) is 4.74 Å². The van der Waals surface area contributed by atoms with E-state index < -0.39 is 11.2 Å². The molecule has 0 radical (unpaired) electrons. The van der Waals surface area contributed by atoms with E-state index in [4.69, 9.17) is 4.74 Å². The summed E-state index contributed by atoms with van der Waals surface area (Å²) in [6.45, 7) is 12.2.